The molecule has 7 nitrogen and oxygen atoms in total. The molecule has 2 aromatic carbocycles. The SMILES string of the molecule is Cc1cc2nc(C(=O)N3CCN(S(=O)(=O)c4ccc5cc(Cl)ccc5c4)CC3)sc2cn1. The summed E-state index contributed by atoms with van der Waals surface area (Å²) < 4.78 is 28.6. The predicted octanol–water partition coefficient (Wildman–Crippen LogP) is 3.95. The summed E-state index contributed by atoms with van der Waals surface area (Å²) in [7, 11) is -3.66. The highest BCUT2D eigenvalue weighted by molar-refractivity contribution is 7.89. The van der Waals surface area contributed by atoms with Crippen molar-refractivity contribution in [1.29, 1.82) is 0 Å². The van der Waals surface area contributed by atoms with E-state index >= 15 is 0 Å². The van der Waals surface area contributed by atoms with Crippen LogP contribution in [0.1, 0.15) is 15.5 Å². The Hall–Kier alpha value is -2.59. The molecule has 0 aliphatic carbocycles. The topological polar surface area (TPSA) is 83.5 Å². The zero-order chi connectivity index (χ0) is 22.5. The first-order chi connectivity index (χ1) is 15.3. The molecule has 1 aliphatic heterocycles. The Morgan fingerprint density at radius 2 is 1.75 bits per heavy atom. The lowest BCUT2D eigenvalue weighted by atomic mass is 10.1. The highest BCUT2D eigenvalue weighted by atomic mass is 35.5. The van der Waals surface area contributed by atoms with E-state index in [-0.39, 0.29) is 23.9 Å². The molecular weight excluding hydrogens is 468 g/mol. The first-order valence-electron chi connectivity index (χ1n) is 10.0. The van der Waals surface area contributed by atoms with Gasteiger partial charge in [0, 0.05) is 43.1 Å². The van der Waals surface area contributed by atoms with Crippen LogP contribution in [0.4, 0.5) is 0 Å². The minimum atomic E-state index is -3.66. The maximum absolute atomic E-state index is 13.2. The molecule has 4 aromatic rings. The van der Waals surface area contributed by atoms with E-state index in [2.05, 4.69) is 9.97 Å². The molecule has 1 amide bonds. The van der Waals surface area contributed by atoms with Crippen molar-refractivity contribution in [2.24, 2.45) is 0 Å². The maximum Gasteiger partial charge on any atom is 0.282 e. The lowest BCUT2D eigenvalue weighted by molar-refractivity contribution is 0.0697. The van der Waals surface area contributed by atoms with E-state index in [0.717, 1.165) is 26.7 Å². The molecule has 0 saturated carbocycles. The molecular formula is C22H19ClN4O3S2. The summed E-state index contributed by atoms with van der Waals surface area (Å²) in [6.45, 7) is 2.98. The van der Waals surface area contributed by atoms with Gasteiger partial charge in [-0.25, -0.2) is 13.4 Å². The van der Waals surface area contributed by atoms with Gasteiger partial charge in [0.05, 0.1) is 15.1 Å². The third-order valence-corrected chi connectivity index (χ3v) is 8.66. The second-order valence-corrected chi connectivity index (χ2v) is 11.1. The van der Waals surface area contributed by atoms with Crippen molar-refractivity contribution >= 4 is 59.9 Å². The average Bonchev–Trinajstić information content (AvgIpc) is 3.21. The van der Waals surface area contributed by atoms with Crippen LogP contribution in [0.3, 0.4) is 0 Å². The molecule has 0 bridgehead atoms. The number of thiazole rings is 1. The van der Waals surface area contributed by atoms with Crippen LogP contribution in [-0.2, 0) is 10.0 Å². The quantitative estimate of drug-likeness (QED) is 0.437. The van der Waals surface area contributed by atoms with Gasteiger partial charge in [0.1, 0.15) is 0 Å². The Bertz CT molecular complexity index is 1460. The Kier molecular flexibility index (Phi) is 5.37. The van der Waals surface area contributed by atoms with Crippen LogP contribution in [0, 0.1) is 6.92 Å². The number of piperazine rings is 1. The molecule has 0 spiro atoms. The molecule has 2 aromatic heterocycles. The van der Waals surface area contributed by atoms with E-state index in [1.165, 1.54) is 15.6 Å². The molecule has 164 valence electrons. The van der Waals surface area contributed by atoms with Gasteiger partial charge in [0.2, 0.25) is 10.0 Å². The van der Waals surface area contributed by atoms with Gasteiger partial charge in [0.15, 0.2) is 5.01 Å². The molecule has 3 heterocycles. The molecule has 5 rings (SSSR count). The molecule has 1 aliphatic rings. The summed E-state index contributed by atoms with van der Waals surface area (Å²) in [4.78, 5) is 23.5. The third-order valence-electron chi connectivity index (χ3n) is 5.53. The van der Waals surface area contributed by atoms with E-state index in [1.54, 1.807) is 41.4 Å². The number of rotatable bonds is 3. The van der Waals surface area contributed by atoms with Crippen molar-refractivity contribution in [3.63, 3.8) is 0 Å². The van der Waals surface area contributed by atoms with Crippen molar-refractivity contribution in [1.82, 2.24) is 19.2 Å². The van der Waals surface area contributed by atoms with Gasteiger partial charge in [0.25, 0.3) is 5.91 Å². The normalized spacial score (nSPS) is 15.5. The number of sulfonamides is 1. The Balaban J connectivity index is 1.32. The van der Waals surface area contributed by atoms with E-state index in [0.29, 0.717) is 23.1 Å². The summed E-state index contributed by atoms with van der Waals surface area (Å²) >= 11 is 7.32. The third kappa shape index (κ3) is 3.86. The zero-order valence-electron chi connectivity index (χ0n) is 17.2. The summed E-state index contributed by atoms with van der Waals surface area (Å²) in [6.07, 6.45) is 1.72. The van der Waals surface area contributed by atoms with Crippen LogP contribution in [0.5, 0.6) is 0 Å². The molecule has 10 heteroatoms. The number of aromatic nitrogens is 2. The number of hydrogen-bond donors (Lipinski definition) is 0. The first-order valence-corrected chi connectivity index (χ1v) is 12.7. The first kappa shape index (κ1) is 21.3. The molecule has 1 saturated heterocycles. The summed E-state index contributed by atoms with van der Waals surface area (Å²) in [5, 5.41) is 2.70. The number of benzene rings is 2. The zero-order valence-corrected chi connectivity index (χ0v) is 19.5. The highest BCUT2D eigenvalue weighted by Crippen LogP contribution is 2.26. The van der Waals surface area contributed by atoms with Gasteiger partial charge in [-0.3, -0.25) is 9.78 Å². The van der Waals surface area contributed by atoms with Crippen LogP contribution in [0.2, 0.25) is 5.02 Å². The predicted molar refractivity (Wildman–Crippen MR) is 126 cm³/mol. The van der Waals surface area contributed by atoms with Crippen LogP contribution in [-0.4, -0.2) is 59.7 Å². The average molecular weight is 487 g/mol. The number of hydrogen-bond acceptors (Lipinski definition) is 6. The number of nitrogens with zero attached hydrogens (tertiary/aromatic N) is 4. The number of carbonyl (C=O) groups is 1. The fourth-order valence-corrected chi connectivity index (χ4v) is 6.32. The van der Waals surface area contributed by atoms with Crippen molar-refractivity contribution in [2.75, 3.05) is 26.2 Å². The second-order valence-electron chi connectivity index (χ2n) is 7.66. The number of carbonyl (C=O) groups excluding carboxylic acids is 1. The summed E-state index contributed by atoms with van der Waals surface area (Å²) in [5.41, 5.74) is 1.60. The van der Waals surface area contributed by atoms with Gasteiger partial charge in [-0.1, -0.05) is 23.7 Å². The van der Waals surface area contributed by atoms with Crippen molar-refractivity contribution in [3.05, 3.63) is 64.4 Å². The van der Waals surface area contributed by atoms with E-state index in [1.807, 2.05) is 19.1 Å². The fraction of sp³-hybridized carbons (Fsp3) is 0.227. The minimum Gasteiger partial charge on any atom is -0.334 e. The number of pyridine rings is 1. The smallest absolute Gasteiger partial charge is 0.282 e. The number of aryl methyl sites for hydroxylation is 1. The largest absolute Gasteiger partial charge is 0.334 e. The number of amides is 1. The van der Waals surface area contributed by atoms with Crippen LogP contribution >= 0.6 is 22.9 Å². The standard InChI is InChI=1S/C22H19ClN4O3S2/c1-14-10-19-20(13-24-14)31-21(25-19)22(28)26-6-8-27(9-7-26)32(29,30)18-5-3-15-11-17(23)4-2-16(15)12-18/h2-5,10-13H,6-9H2,1H3. The highest BCUT2D eigenvalue weighted by Gasteiger charge is 2.31. The van der Waals surface area contributed by atoms with Crippen LogP contribution in [0.15, 0.2) is 53.6 Å². The van der Waals surface area contributed by atoms with Crippen molar-refractivity contribution in [2.45, 2.75) is 11.8 Å². The second kappa shape index (κ2) is 8.08. The minimum absolute atomic E-state index is 0.177. The van der Waals surface area contributed by atoms with Crippen molar-refractivity contribution in [3.8, 4) is 0 Å². The molecule has 0 N–H and O–H groups in total. The molecule has 0 atom stereocenters. The van der Waals surface area contributed by atoms with Crippen LogP contribution in [0.25, 0.3) is 21.0 Å². The van der Waals surface area contributed by atoms with E-state index in [9.17, 15) is 13.2 Å². The number of halogens is 1. The fourth-order valence-electron chi connectivity index (χ4n) is 3.80. The molecule has 1 fully saturated rings. The lowest BCUT2D eigenvalue weighted by Crippen LogP contribution is -2.50. The molecule has 0 unspecified atom stereocenters. The molecule has 0 radical (unpaired) electrons. The van der Waals surface area contributed by atoms with Gasteiger partial charge >= 0.3 is 0 Å². The summed E-state index contributed by atoms with van der Waals surface area (Å²) in [6, 6.07) is 12.2. The monoisotopic (exact) mass is 486 g/mol. The van der Waals surface area contributed by atoms with E-state index < -0.39 is 10.0 Å². The Labute approximate surface area is 194 Å². The Morgan fingerprint density at radius 1 is 1.03 bits per heavy atom. The van der Waals surface area contributed by atoms with Crippen molar-refractivity contribution < 1.29 is 13.2 Å². The molecule has 32 heavy (non-hydrogen) atoms. The van der Waals surface area contributed by atoms with Gasteiger partial charge in [-0.2, -0.15) is 4.31 Å². The van der Waals surface area contributed by atoms with Gasteiger partial charge in [-0.15, -0.1) is 11.3 Å². The van der Waals surface area contributed by atoms with Crippen LogP contribution < -0.4 is 0 Å². The van der Waals surface area contributed by atoms with E-state index in [4.69, 9.17) is 11.6 Å². The Morgan fingerprint density at radius 3 is 2.53 bits per heavy atom. The maximum atomic E-state index is 13.2. The van der Waals surface area contributed by atoms with Gasteiger partial charge in [-0.05, 0) is 48.0 Å². The summed E-state index contributed by atoms with van der Waals surface area (Å²) in [5.74, 6) is -0.177. The number of fused-ring (bicyclic) bond motifs is 2. The van der Waals surface area contributed by atoms with Gasteiger partial charge < -0.3 is 4.90 Å². The lowest BCUT2D eigenvalue weighted by Gasteiger charge is -2.33.